The minimum Gasteiger partial charge on any atom is -0.455 e. The summed E-state index contributed by atoms with van der Waals surface area (Å²) in [6.45, 7) is 10.1. The molecule has 0 aromatic rings. The average molecular weight is 266 g/mol. The average Bonchev–Trinajstić information content (AvgIpc) is 2.10. The third-order valence-electron chi connectivity index (χ3n) is 2.47. The first kappa shape index (κ1) is 15.7. The molecule has 0 amide bonds. The molecule has 0 radical (unpaired) electrons. The second-order valence-corrected chi connectivity index (χ2v) is 14.6. The molecule has 0 aliphatic rings. The van der Waals surface area contributed by atoms with Gasteiger partial charge in [0.25, 0.3) is 0 Å². The second kappa shape index (κ2) is 7.11. The van der Waals surface area contributed by atoms with E-state index < -0.39 is 16.6 Å². The summed E-state index contributed by atoms with van der Waals surface area (Å²) in [7, 11) is -2.89. The van der Waals surface area contributed by atoms with Crippen LogP contribution >= 0.6 is 12.6 Å². The van der Waals surface area contributed by atoms with Gasteiger partial charge in [0, 0.05) is 0 Å². The number of thiol groups is 1. The van der Waals surface area contributed by atoms with Crippen LogP contribution in [0, 0.1) is 0 Å². The lowest BCUT2D eigenvalue weighted by atomic mass is 10.5. The molecule has 0 atom stereocenters. The number of rotatable bonds is 8. The molecule has 15 heavy (non-hydrogen) atoms. The zero-order valence-corrected chi connectivity index (χ0v) is 13.6. The van der Waals surface area contributed by atoms with Crippen molar-refractivity contribution in [1.82, 2.24) is 0 Å². The molecule has 0 aromatic carbocycles. The van der Waals surface area contributed by atoms with Gasteiger partial charge in [-0.15, -0.1) is 0 Å². The van der Waals surface area contributed by atoms with Gasteiger partial charge in [-0.1, -0.05) is 0 Å². The third-order valence-corrected chi connectivity index (χ3v) is 10.3. The van der Waals surface area contributed by atoms with Gasteiger partial charge in [0.15, 0.2) is 16.6 Å². The van der Waals surface area contributed by atoms with Gasteiger partial charge in [-0.05, 0) is 63.4 Å². The van der Waals surface area contributed by atoms with Crippen molar-refractivity contribution in [2.75, 3.05) is 12.3 Å². The molecule has 0 aliphatic heterocycles. The van der Waals surface area contributed by atoms with E-state index in [0.717, 1.165) is 18.7 Å². The monoisotopic (exact) mass is 265 g/mol. The summed E-state index contributed by atoms with van der Waals surface area (Å²) in [5.74, 6) is 0.977. The Morgan fingerprint density at radius 2 is 1.47 bits per heavy atom. The van der Waals surface area contributed by atoms with E-state index in [0.29, 0.717) is 0 Å². The fourth-order valence-electron chi connectivity index (χ4n) is 1.88. The molecule has 92 valence electrons. The normalized spacial score (nSPS) is 13.2. The molecule has 2 nitrogen and oxygen atoms in total. The number of nitrogens with two attached hydrogens (primary N) is 1. The first-order valence-electron chi connectivity index (χ1n) is 5.84. The van der Waals surface area contributed by atoms with Gasteiger partial charge >= 0.3 is 0 Å². The van der Waals surface area contributed by atoms with E-state index in [1.807, 2.05) is 0 Å². The van der Waals surface area contributed by atoms with Crippen LogP contribution in [0.5, 0.6) is 0 Å². The van der Waals surface area contributed by atoms with Crippen LogP contribution in [0.4, 0.5) is 0 Å². The SMILES string of the molecule is C[Si](C)(CCCN)O[Si](C)(C)CCCS. The maximum absolute atomic E-state index is 6.42. The van der Waals surface area contributed by atoms with Crippen molar-refractivity contribution < 1.29 is 4.12 Å². The number of hydrogen-bond acceptors (Lipinski definition) is 3. The van der Waals surface area contributed by atoms with Crippen molar-refractivity contribution >= 4 is 29.3 Å². The smallest absolute Gasteiger partial charge is 0.173 e. The Labute approximate surface area is 103 Å². The van der Waals surface area contributed by atoms with Crippen molar-refractivity contribution in [3.8, 4) is 0 Å². The molecule has 0 saturated carbocycles. The molecule has 0 fully saturated rings. The summed E-state index contributed by atoms with van der Waals surface area (Å²) in [5.41, 5.74) is 5.55. The van der Waals surface area contributed by atoms with Gasteiger partial charge in [0.05, 0.1) is 0 Å². The van der Waals surface area contributed by atoms with Gasteiger partial charge in [0.2, 0.25) is 0 Å². The van der Waals surface area contributed by atoms with Crippen LogP contribution in [-0.2, 0) is 4.12 Å². The maximum atomic E-state index is 6.42. The first-order valence-corrected chi connectivity index (χ1v) is 12.7. The molecular weight excluding hydrogens is 238 g/mol. The largest absolute Gasteiger partial charge is 0.455 e. The molecular formula is C10H27NOSSi2. The van der Waals surface area contributed by atoms with Gasteiger partial charge in [-0.25, -0.2) is 0 Å². The predicted molar refractivity (Wildman–Crippen MR) is 77.8 cm³/mol. The van der Waals surface area contributed by atoms with Crippen LogP contribution in [0.3, 0.4) is 0 Å². The summed E-state index contributed by atoms with van der Waals surface area (Å²) in [6, 6.07) is 2.43. The molecule has 0 aromatic heterocycles. The lowest BCUT2D eigenvalue weighted by Gasteiger charge is -2.34. The highest BCUT2D eigenvalue weighted by Gasteiger charge is 2.31. The zero-order chi connectivity index (χ0) is 11.9. The van der Waals surface area contributed by atoms with Crippen LogP contribution in [0.15, 0.2) is 0 Å². The van der Waals surface area contributed by atoms with Crippen LogP contribution in [0.2, 0.25) is 38.3 Å². The van der Waals surface area contributed by atoms with E-state index in [4.69, 9.17) is 9.85 Å². The van der Waals surface area contributed by atoms with E-state index in [1.54, 1.807) is 0 Å². The fraction of sp³-hybridized carbons (Fsp3) is 1.00. The summed E-state index contributed by atoms with van der Waals surface area (Å²) in [6.07, 6.45) is 2.29. The fourth-order valence-corrected chi connectivity index (χ4v) is 11.2. The minimum absolute atomic E-state index is 0.790. The van der Waals surface area contributed by atoms with E-state index in [1.165, 1.54) is 18.5 Å². The van der Waals surface area contributed by atoms with Gasteiger partial charge in [-0.3, -0.25) is 0 Å². The van der Waals surface area contributed by atoms with Crippen LogP contribution < -0.4 is 5.73 Å². The van der Waals surface area contributed by atoms with Crippen molar-refractivity contribution in [2.24, 2.45) is 5.73 Å². The van der Waals surface area contributed by atoms with Crippen molar-refractivity contribution in [3.63, 3.8) is 0 Å². The van der Waals surface area contributed by atoms with Crippen LogP contribution in [-0.4, -0.2) is 28.9 Å². The summed E-state index contributed by atoms with van der Waals surface area (Å²) >= 11 is 4.26. The van der Waals surface area contributed by atoms with Gasteiger partial charge in [-0.2, -0.15) is 12.6 Å². The predicted octanol–water partition coefficient (Wildman–Crippen LogP) is 3.08. The Morgan fingerprint density at radius 1 is 1.00 bits per heavy atom. The first-order chi connectivity index (χ1) is 6.83. The number of hydrogen-bond donors (Lipinski definition) is 2. The molecule has 2 N–H and O–H groups in total. The Morgan fingerprint density at radius 3 is 1.87 bits per heavy atom. The zero-order valence-electron chi connectivity index (χ0n) is 10.7. The van der Waals surface area contributed by atoms with Crippen LogP contribution in [0.25, 0.3) is 0 Å². The Bertz CT molecular complexity index is 159. The van der Waals surface area contributed by atoms with Crippen molar-refractivity contribution in [1.29, 1.82) is 0 Å². The topological polar surface area (TPSA) is 35.2 Å². The summed E-state index contributed by atoms with van der Waals surface area (Å²) < 4.78 is 6.42. The van der Waals surface area contributed by atoms with Gasteiger partial charge < -0.3 is 9.85 Å². The minimum atomic E-state index is -1.45. The van der Waals surface area contributed by atoms with E-state index in [9.17, 15) is 0 Å². The quantitative estimate of drug-likeness (QED) is 0.522. The van der Waals surface area contributed by atoms with Crippen molar-refractivity contribution in [2.45, 2.75) is 51.1 Å². The molecule has 0 saturated heterocycles. The molecule has 0 aliphatic carbocycles. The van der Waals surface area contributed by atoms with E-state index >= 15 is 0 Å². The Balaban J connectivity index is 4.04. The lowest BCUT2D eigenvalue weighted by Crippen LogP contribution is -2.44. The van der Waals surface area contributed by atoms with Crippen LogP contribution in [0.1, 0.15) is 12.8 Å². The standard InChI is InChI=1S/C10H27NOSSi2/c1-14(2,9-5-7-11)12-15(3,4)10-6-8-13/h13H,5-11H2,1-4H3. The van der Waals surface area contributed by atoms with E-state index in [-0.39, 0.29) is 0 Å². The maximum Gasteiger partial charge on any atom is 0.173 e. The molecule has 0 bridgehead atoms. The highest BCUT2D eigenvalue weighted by molar-refractivity contribution is 7.80. The highest BCUT2D eigenvalue weighted by atomic mass is 32.1. The van der Waals surface area contributed by atoms with Gasteiger partial charge in [0.1, 0.15) is 0 Å². The second-order valence-electron chi connectivity index (χ2n) is 5.34. The summed E-state index contributed by atoms with van der Waals surface area (Å²) in [4.78, 5) is 0. The molecule has 0 unspecified atom stereocenters. The summed E-state index contributed by atoms with van der Waals surface area (Å²) in [5, 5.41) is 0. The van der Waals surface area contributed by atoms with Crippen molar-refractivity contribution in [3.05, 3.63) is 0 Å². The molecule has 0 heterocycles. The molecule has 5 heteroatoms. The Hall–Kier alpha value is 0.704. The lowest BCUT2D eigenvalue weighted by molar-refractivity contribution is 0.533. The third kappa shape index (κ3) is 8.50. The Kier molecular flexibility index (Phi) is 7.45. The van der Waals surface area contributed by atoms with E-state index in [2.05, 4.69) is 38.8 Å². The molecule has 0 rings (SSSR count). The molecule has 0 spiro atoms. The highest BCUT2D eigenvalue weighted by Crippen LogP contribution is 2.23.